The van der Waals surface area contributed by atoms with Gasteiger partial charge in [0.2, 0.25) is 11.8 Å². The van der Waals surface area contributed by atoms with Crippen LogP contribution in [0.5, 0.6) is 17.4 Å². The molecule has 0 saturated heterocycles. The Bertz CT molecular complexity index is 1460. The number of benzene rings is 2. The first kappa shape index (κ1) is 29.5. The molecule has 0 amide bonds. The molecule has 0 saturated carbocycles. The molecule has 0 unspecified atom stereocenters. The van der Waals surface area contributed by atoms with Gasteiger partial charge in [-0.3, -0.25) is 0 Å². The van der Waals surface area contributed by atoms with Crippen LogP contribution in [0.4, 0.5) is 31.1 Å². The first-order valence-electron chi connectivity index (χ1n) is 10.5. The molecular formula is C22H16F5N5O2S5. The summed E-state index contributed by atoms with van der Waals surface area (Å²) in [5.74, 6) is -0.162. The summed E-state index contributed by atoms with van der Waals surface area (Å²) in [5, 5.41) is 3.00. The minimum absolute atomic E-state index is 0.0540. The molecule has 4 rings (SSSR count). The highest BCUT2D eigenvalue weighted by atomic mass is 32.2. The van der Waals surface area contributed by atoms with Crippen LogP contribution in [-0.2, 0) is 0 Å². The second kappa shape index (κ2) is 13.3. The third-order valence-electron chi connectivity index (χ3n) is 5.09. The predicted molar refractivity (Wildman–Crippen MR) is 146 cm³/mol. The van der Waals surface area contributed by atoms with E-state index in [4.69, 9.17) is 9.47 Å². The van der Waals surface area contributed by atoms with Gasteiger partial charge >= 0.3 is 0 Å². The fourth-order valence-corrected chi connectivity index (χ4v) is 6.27. The summed E-state index contributed by atoms with van der Waals surface area (Å²) < 4.78 is 81.6. The van der Waals surface area contributed by atoms with Gasteiger partial charge in [-0.05, 0) is 26.0 Å². The van der Waals surface area contributed by atoms with Gasteiger partial charge in [-0.15, -0.1) is 0 Å². The third-order valence-corrected chi connectivity index (χ3v) is 8.38. The summed E-state index contributed by atoms with van der Waals surface area (Å²) in [7, 11) is 1.52. The van der Waals surface area contributed by atoms with E-state index in [9.17, 15) is 19.4 Å². The molecule has 0 bridgehead atoms. The number of aryl methyl sites for hydroxylation is 2. The number of rotatable bonds is 11. The lowest BCUT2D eigenvalue weighted by molar-refractivity contribution is 0.413. The van der Waals surface area contributed by atoms with E-state index < -0.39 is 91.0 Å². The number of anilines is 2. The molecule has 4 aromatic rings. The molecule has 0 radical (unpaired) electrons. The zero-order chi connectivity index (χ0) is 28.1. The highest BCUT2D eigenvalue weighted by Gasteiger charge is 2.30. The second-order valence-corrected chi connectivity index (χ2v) is 10.4. The highest BCUT2D eigenvalue weighted by Crippen LogP contribution is 2.56. The van der Waals surface area contributed by atoms with Crippen LogP contribution in [0, 0.1) is 13.8 Å². The standard InChI is InChI=1S/C22H16F5N5O2S5/c1-10-6-15(34-16-17(35-23)19(37-25)21(39-27)20(38-26)18(16)36-24)31-22(29-10)30-12-4-5-13(14(7-12)33-3)32-8-11(2)28-9-32/h4-9H,1-3H3,(H,29,30,31). The van der Waals surface area contributed by atoms with Gasteiger partial charge in [0.25, 0.3) is 0 Å². The summed E-state index contributed by atoms with van der Waals surface area (Å²) in [6, 6.07) is 6.60. The van der Waals surface area contributed by atoms with Crippen LogP contribution in [0.15, 0.2) is 61.3 Å². The van der Waals surface area contributed by atoms with Crippen LogP contribution in [0.1, 0.15) is 11.4 Å². The SMILES string of the molecule is COc1cc(Nc2nc(C)cc(Oc3c(SF)c(SF)c(SF)c(SF)c3SF)n2)ccc1-n1cnc(C)c1. The Labute approximate surface area is 241 Å². The molecule has 17 heteroatoms. The number of ether oxygens (including phenoxy) is 2. The Morgan fingerprint density at radius 1 is 0.795 bits per heavy atom. The average Bonchev–Trinajstić information content (AvgIpc) is 3.37. The quantitative estimate of drug-likeness (QED) is 0.160. The van der Waals surface area contributed by atoms with Gasteiger partial charge in [-0.1, -0.05) is 0 Å². The molecule has 1 N–H and O–H groups in total. The summed E-state index contributed by atoms with van der Waals surface area (Å²) in [5.41, 5.74) is 2.51. The van der Waals surface area contributed by atoms with Crippen molar-refractivity contribution < 1.29 is 28.9 Å². The number of hydrogen-bond donors (Lipinski definition) is 1. The maximum atomic E-state index is 13.9. The van der Waals surface area contributed by atoms with Crippen molar-refractivity contribution in [1.29, 1.82) is 0 Å². The number of nitrogens with one attached hydrogen (secondary N) is 1. The van der Waals surface area contributed by atoms with Gasteiger partial charge in [-0.25, -0.2) is 9.97 Å². The third kappa shape index (κ3) is 6.32. The molecule has 39 heavy (non-hydrogen) atoms. The minimum atomic E-state index is -0.605. The van der Waals surface area contributed by atoms with E-state index >= 15 is 0 Å². The molecule has 7 nitrogen and oxygen atoms in total. The number of hydrogen-bond acceptors (Lipinski definition) is 11. The van der Waals surface area contributed by atoms with Crippen molar-refractivity contribution in [2.75, 3.05) is 12.4 Å². The van der Waals surface area contributed by atoms with E-state index in [1.54, 1.807) is 36.0 Å². The van der Waals surface area contributed by atoms with E-state index in [1.807, 2.05) is 13.1 Å². The largest absolute Gasteiger partial charge is 0.494 e. The van der Waals surface area contributed by atoms with E-state index in [2.05, 4.69) is 20.3 Å². The van der Waals surface area contributed by atoms with Crippen LogP contribution in [0.3, 0.4) is 0 Å². The van der Waals surface area contributed by atoms with E-state index in [1.165, 1.54) is 13.2 Å². The number of nitrogens with zero attached hydrogens (tertiary/aromatic N) is 4. The highest BCUT2D eigenvalue weighted by molar-refractivity contribution is 8.00. The molecule has 0 spiro atoms. The van der Waals surface area contributed by atoms with Crippen molar-refractivity contribution in [3.8, 4) is 23.1 Å². The first-order chi connectivity index (χ1) is 18.9. The molecule has 2 aromatic heterocycles. The minimum Gasteiger partial charge on any atom is -0.494 e. The summed E-state index contributed by atoms with van der Waals surface area (Å²) >= 11 is -2.56. The molecule has 0 aliphatic heterocycles. The maximum absolute atomic E-state index is 13.9. The molecule has 2 aromatic carbocycles. The summed E-state index contributed by atoms with van der Waals surface area (Å²) in [6.07, 6.45) is 3.49. The van der Waals surface area contributed by atoms with Crippen molar-refractivity contribution in [3.05, 3.63) is 48.2 Å². The van der Waals surface area contributed by atoms with Crippen LogP contribution >= 0.6 is 60.7 Å². The smallest absolute Gasteiger partial charge is 0.230 e. The fourth-order valence-electron chi connectivity index (χ4n) is 3.46. The van der Waals surface area contributed by atoms with Gasteiger partial charge in [0.1, 0.15) is 15.5 Å². The van der Waals surface area contributed by atoms with Gasteiger partial charge < -0.3 is 19.4 Å². The zero-order valence-corrected chi connectivity index (χ0v) is 24.1. The van der Waals surface area contributed by atoms with Crippen molar-refractivity contribution in [1.82, 2.24) is 19.5 Å². The van der Waals surface area contributed by atoms with Crippen molar-refractivity contribution in [2.45, 2.75) is 38.3 Å². The number of methoxy groups -OCH3 is 1. The van der Waals surface area contributed by atoms with Gasteiger partial charge in [0.15, 0.2) is 5.75 Å². The summed E-state index contributed by atoms with van der Waals surface area (Å²) in [6.45, 7) is 3.48. The normalized spacial score (nSPS) is 11.1. The van der Waals surface area contributed by atoms with Crippen molar-refractivity contribution in [2.24, 2.45) is 0 Å². The van der Waals surface area contributed by atoms with E-state index in [0.29, 0.717) is 17.1 Å². The number of aromatic nitrogens is 4. The maximum Gasteiger partial charge on any atom is 0.230 e. The Kier molecular flexibility index (Phi) is 10.0. The topological polar surface area (TPSA) is 74.1 Å². The Morgan fingerprint density at radius 2 is 1.41 bits per heavy atom. The van der Waals surface area contributed by atoms with Crippen LogP contribution in [0.25, 0.3) is 5.69 Å². The lowest BCUT2D eigenvalue weighted by atomic mass is 10.2. The first-order valence-corrected chi connectivity index (χ1v) is 14.1. The second-order valence-electron chi connectivity index (χ2n) is 7.57. The monoisotopic (exact) mass is 637 g/mol. The lowest BCUT2D eigenvalue weighted by Crippen LogP contribution is -2.03. The molecule has 0 aliphatic rings. The zero-order valence-electron chi connectivity index (χ0n) is 20.0. The van der Waals surface area contributed by atoms with E-state index in [0.717, 1.165) is 11.4 Å². The Morgan fingerprint density at radius 3 is 1.95 bits per heavy atom. The predicted octanol–water partition coefficient (Wildman–Crippen LogP) is 9.71. The van der Waals surface area contributed by atoms with Gasteiger partial charge in [0.05, 0.1) is 100 Å². The van der Waals surface area contributed by atoms with Crippen molar-refractivity contribution in [3.63, 3.8) is 0 Å². The molecule has 0 atom stereocenters. The van der Waals surface area contributed by atoms with Gasteiger partial charge in [0, 0.05) is 29.7 Å². The van der Waals surface area contributed by atoms with E-state index in [-0.39, 0.29) is 11.8 Å². The molecule has 206 valence electrons. The molecule has 0 aliphatic carbocycles. The summed E-state index contributed by atoms with van der Waals surface area (Å²) in [4.78, 5) is 9.81. The number of imidazole rings is 1. The molecular weight excluding hydrogens is 622 g/mol. The van der Waals surface area contributed by atoms with Crippen molar-refractivity contribution >= 4 is 72.4 Å². The molecule has 2 heterocycles. The fraction of sp³-hybridized carbons (Fsp3) is 0.136. The van der Waals surface area contributed by atoms with Crippen LogP contribution in [-0.4, -0.2) is 26.6 Å². The number of halogens is 5. The average molecular weight is 638 g/mol. The van der Waals surface area contributed by atoms with Gasteiger partial charge in [-0.2, -0.15) is 24.4 Å². The lowest BCUT2D eigenvalue weighted by Gasteiger charge is -2.18. The van der Waals surface area contributed by atoms with Crippen LogP contribution < -0.4 is 14.8 Å². The Hall–Kier alpha value is -2.47. The Balaban J connectivity index is 1.71. The van der Waals surface area contributed by atoms with Crippen LogP contribution in [0.2, 0.25) is 0 Å². The molecule has 0 fully saturated rings.